The first-order valence-corrected chi connectivity index (χ1v) is 11.3. The van der Waals surface area contributed by atoms with Crippen molar-refractivity contribution in [1.29, 1.82) is 0 Å². The Morgan fingerprint density at radius 2 is 1.51 bits per heavy atom. The lowest BCUT2D eigenvalue weighted by molar-refractivity contribution is -0.149. The van der Waals surface area contributed by atoms with E-state index in [1.807, 2.05) is 37.3 Å². The molecule has 178 valence electrons. The fourth-order valence-electron chi connectivity index (χ4n) is 4.06. The third kappa shape index (κ3) is 4.99. The van der Waals surface area contributed by atoms with Crippen molar-refractivity contribution in [1.82, 2.24) is 4.90 Å². The van der Waals surface area contributed by atoms with E-state index < -0.39 is 23.8 Å². The number of imide groups is 1. The molecular weight excluding hydrogens is 446 g/mol. The number of carbonyl (C=O) groups excluding carboxylic acids is 4. The molecule has 0 aliphatic carbocycles. The zero-order chi connectivity index (χ0) is 24.9. The zero-order valence-electron chi connectivity index (χ0n) is 19.5. The number of Topliss-reactive ketones (excluding diaryl/α,β-unsaturated/α-hetero) is 1. The Morgan fingerprint density at radius 3 is 2.11 bits per heavy atom. The molecule has 2 amide bonds. The molecule has 7 nitrogen and oxygen atoms in total. The van der Waals surface area contributed by atoms with Gasteiger partial charge in [-0.25, -0.2) is 4.79 Å². The molecule has 0 saturated heterocycles. The Labute approximate surface area is 203 Å². The van der Waals surface area contributed by atoms with E-state index in [4.69, 9.17) is 9.47 Å². The largest absolute Gasteiger partial charge is 0.493 e. The summed E-state index contributed by atoms with van der Waals surface area (Å²) in [5, 5.41) is 0. The zero-order valence-corrected chi connectivity index (χ0v) is 19.5. The van der Waals surface area contributed by atoms with E-state index in [0.29, 0.717) is 23.5 Å². The molecule has 0 spiro atoms. The van der Waals surface area contributed by atoms with Gasteiger partial charge in [0.25, 0.3) is 11.8 Å². The van der Waals surface area contributed by atoms with Gasteiger partial charge in [0.15, 0.2) is 5.78 Å². The number of hydrogen-bond acceptors (Lipinski definition) is 6. The normalized spacial score (nSPS) is 13.4. The van der Waals surface area contributed by atoms with Crippen LogP contribution in [0.25, 0.3) is 0 Å². The smallest absolute Gasteiger partial charge is 0.330 e. The number of nitrogens with zero attached hydrogens (tertiary/aromatic N) is 1. The Bertz CT molecular complexity index is 1250. The lowest BCUT2D eigenvalue weighted by Gasteiger charge is -2.25. The summed E-state index contributed by atoms with van der Waals surface area (Å²) in [5.74, 6) is -1.42. The van der Waals surface area contributed by atoms with Crippen molar-refractivity contribution >= 4 is 23.6 Å². The quantitative estimate of drug-likeness (QED) is 0.263. The predicted octanol–water partition coefficient (Wildman–Crippen LogP) is 4.24. The molecule has 0 N–H and O–H groups in total. The summed E-state index contributed by atoms with van der Waals surface area (Å²) in [7, 11) is 0. The highest BCUT2D eigenvalue weighted by molar-refractivity contribution is 6.22. The molecule has 1 heterocycles. The molecule has 1 aliphatic rings. The number of ether oxygens (including phenoxy) is 2. The monoisotopic (exact) mass is 471 g/mol. The van der Waals surface area contributed by atoms with Gasteiger partial charge in [-0.05, 0) is 49.7 Å². The van der Waals surface area contributed by atoms with E-state index >= 15 is 0 Å². The van der Waals surface area contributed by atoms with Crippen LogP contribution in [0.3, 0.4) is 0 Å². The molecule has 35 heavy (non-hydrogen) atoms. The number of carbonyl (C=O) groups is 4. The molecule has 0 bridgehead atoms. The van der Waals surface area contributed by atoms with Crippen molar-refractivity contribution < 1.29 is 28.7 Å². The second-order valence-electron chi connectivity index (χ2n) is 8.15. The van der Waals surface area contributed by atoms with E-state index in [-0.39, 0.29) is 29.9 Å². The predicted molar refractivity (Wildman–Crippen MR) is 128 cm³/mol. The second-order valence-corrected chi connectivity index (χ2v) is 8.15. The van der Waals surface area contributed by atoms with E-state index in [1.54, 1.807) is 42.5 Å². The fraction of sp³-hybridized carbons (Fsp3) is 0.214. The summed E-state index contributed by atoms with van der Waals surface area (Å²) in [5.41, 5.74) is 2.28. The minimum Gasteiger partial charge on any atom is -0.493 e. The van der Waals surface area contributed by atoms with Gasteiger partial charge in [0.1, 0.15) is 18.4 Å². The number of benzene rings is 3. The van der Waals surface area contributed by atoms with E-state index in [1.165, 1.54) is 6.92 Å². The van der Waals surface area contributed by atoms with Crippen LogP contribution in [0.2, 0.25) is 0 Å². The molecule has 3 aromatic rings. The van der Waals surface area contributed by atoms with Crippen molar-refractivity contribution in [3.05, 3.63) is 101 Å². The highest BCUT2D eigenvalue weighted by Gasteiger charge is 2.43. The first-order chi connectivity index (χ1) is 16.9. The van der Waals surface area contributed by atoms with Gasteiger partial charge >= 0.3 is 5.97 Å². The van der Waals surface area contributed by atoms with Crippen LogP contribution in [0.5, 0.6) is 5.75 Å². The van der Waals surface area contributed by atoms with Crippen LogP contribution in [0, 0.1) is 0 Å². The molecular formula is C28H25NO6. The maximum absolute atomic E-state index is 13.4. The summed E-state index contributed by atoms with van der Waals surface area (Å²) < 4.78 is 11.2. The molecule has 0 unspecified atom stereocenters. The van der Waals surface area contributed by atoms with Gasteiger partial charge < -0.3 is 9.47 Å². The van der Waals surface area contributed by atoms with Crippen LogP contribution in [0.15, 0.2) is 72.8 Å². The van der Waals surface area contributed by atoms with E-state index in [9.17, 15) is 19.2 Å². The van der Waals surface area contributed by atoms with Gasteiger partial charge in [0.05, 0.1) is 17.7 Å². The maximum atomic E-state index is 13.4. The van der Waals surface area contributed by atoms with Crippen LogP contribution in [0.1, 0.15) is 56.0 Å². The van der Waals surface area contributed by atoms with Crippen molar-refractivity contribution in [3.8, 4) is 5.75 Å². The maximum Gasteiger partial charge on any atom is 0.330 e. The number of esters is 1. The first kappa shape index (κ1) is 23.9. The van der Waals surface area contributed by atoms with E-state index in [0.717, 1.165) is 10.5 Å². The van der Waals surface area contributed by atoms with Crippen molar-refractivity contribution in [3.63, 3.8) is 0 Å². The third-order valence-electron chi connectivity index (χ3n) is 5.82. The Hall–Kier alpha value is -4.26. The van der Waals surface area contributed by atoms with Crippen LogP contribution in [0.4, 0.5) is 0 Å². The molecule has 1 atom stereocenters. The van der Waals surface area contributed by atoms with Gasteiger partial charge in [-0.3, -0.25) is 19.3 Å². The lowest BCUT2D eigenvalue weighted by Crippen LogP contribution is -2.47. The second kappa shape index (κ2) is 10.3. The third-order valence-corrected chi connectivity index (χ3v) is 5.82. The highest BCUT2D eigenvalue weighted by Crippen LogP contribution is 2.27. The average molecular weight is 472 g/mol. The molecule has 0 radical (unpaired) electrons. The molecule has 0 aromatic heterocycles. The van der Waals surface area contributed by atoms with Crippen molar-refractivity contribution in [2.75, 3.05) is 6.61 Å². The first-order valence-electron chi connectivity index (χ1n) is 11.3. The molecule has 4 rings (SSSR count). The lowest BCUT2D eigenvalue weighted by atomic mass is 10.0. The van der Waals surface area contributed by atoms with Crippen LogP contribution in [-0.4, -0.2) is 41.1 Å². The highest BCUT2D eigenvalue weighted by atomic mass is 16.5. The van der Waals surface area contributed by atoms with Crippen LogP contribution >= 0.6 is 0 Å². The van der Waals surface area contributed by atoms with Gasteiger partial charge in [0.2, 0.25) is 0 Å². The summed E-state index contributed by atoms with van der Waals surface area (Å²) in [6.07, 6.45) is 0.108. The van der Waals surface area contributed by atoms with E-state index in [2.05, 4.69) is 0 Å². The SMILES string of the molecule is CCOc1ccc(C(C)=O)cc1COC(=O)[C@H](Cc1ccccc1)N1C(=O)c2ccccc2C1=O. The standard InChI is InChI=1S/C28H25NO6/c1-3-34-25-14-13-20(18(2)30)16-21(25)17-35-28(33)24(15-19-9-5-4-6-10-19)29-26(31)22-11-7-8-12-23(22)27(29)32/h4-14,16,24H,3,15,17H2,1-2H3/t24-/m0/s1. The van der Waals surface area contributed by atoms with Gasteiger partial charge in [-0.2, -0.15) is 0 Å². The summed E-state index contributed by atoms with van der Waals surface area (Å²) in [6, 6.07) is 19.4. The molecule has 0 saturated carbocycles. The molecule has 1 aliphatic heterocycles. The number of fused-ring (bicyclic) bond motifs is 1. The fourth-order valence-corrected chi connectivity index (χ4v) is 4.06. The minimum atomic E-state index is -1.16. The number of amides is 2. The van der Waals surface area contributed by atoms with Crippen LogP contribution < -0.4 is 4.74 Å². The number of ketones is 1. The van der Waals surface area contributed by atoms with Crippen molar-refractivity contribution in [2.24, 2.45) is 0 Å². The number of rotatable bonds is 9. The minimum absolute atomic E-state index is 0.108. The Morgan fingerprint density at radius 1 is 0.886 bits per heavy atom. The Kier molecular flexibility index (Phi) is 7.06. The summed E-state index contributed by atoms with van der Waals surface area (Å²) in [6.45, 7) is 3.49. The van der Waals surface area contributed by atoms with Gasteiger partial charge in [0, 0.05) is 17.5 Å². The molecule has 0 fully saturated rings. The Balaban J connectivity index is 1.62. The summed E-state index contributed by atoms with van der Waals surface area (Å²) in [4.78, 5) is 52.4. The summed E-state index contributed by atoms with van der Waals surface area (Å²) >= 11 is 0. The van der Waals surface area contributed by atoms with Crippen molar-refractivity contribution in [2.45, 2.75) is 32.9 Å². The topological polar surface area (TPSA) is 90.0 Å². The number of hydrogen-bond donors (Lipinski definition) is 0. The van der Waals surface area contributed by atoms with Gasteiger partial charge in [-0.1, -0.05) is 42.5 Å². The average Bonchev–Trinajstić information content (AvgIpc) is 3.12. The van der Waals surface area contributed by atoms with Gasteiger partial charge in [-0.15, -0.1) is 0 Å². The molecule has 7 heteroatoms. The molecule has 3 aromatic carbocycles. The van der Waals surface area contributed by atoms with Crippen LogP contribution in [-0.2, 0) is 22.6 Å².